The van der Waals surface area contributed by atoms with Crippen LogP contribution in [-0.2, 0) is 33.3 Å². The van der Waals surface area contributed by atoms with Gasteiger partial charge in [0.15, 0.2) is 24.6 Å². The van der Waals surface area contributed by atoms with Crippen LogP contribution in [0, 0.1) is 0 Å². The molecule has 1 saturated heterocycles. The largest absolute Gasteiger partial charge is 0.456 e. The molecule has 0 aliphatic carbocycles. The van der Waals surface area contributed by atoms with Crippen molar-refractivity contribution in [2.45, 2.75) is 64.8 Å². The first-order valence-corrected chi connectivity index (χ1v) is 6.61. The van der Waals surface area contributed by atoms with E-state index in [4.69, 9.17) is 18.9 Å². The molecule has 21 heavy (non-hydrogen) atoms. The minimum atomic E-state index is -1.48. The number of rotatable bonds is 4. The van der Waals surface area contributed by atoms with Gasteiger partial charge in [-0.3, -0.25) is 14.4 Å². The second kappa shape index (κ2) is 7.37. The molecule has 1 aliphatic heterocycles. The zero-order valence-corrected chi connectivity index (χ0v) is 12.4. The third kappa shape index (κ3) is 4.68. The fourth-order valence-corrected chi connectivity index (χ4v) is 2.20. The highest BCUT2D eigenvalue weighted by Gasteiger charge is 2.50. The highest BCUT2D eigenvalue weighted by Crippen LogP contribution is 2.29. The van der Waals surface area contributed by atoms with Crippen molar-refractivity contribution in [1.29, 1.82) is 0 Å². The average molecular weight is 304 g/mol. The second-order valence-corrected chi connectivity index (χ2v) is 4.70. The molecule has 8 nitrogen and oxygen atoms in total. The zero-order chi connectivity index (χ0) is 16.2. The Morgan fingerprint density at radius 3 is 1.76 bits per heavy atom. The number of aliphatic hydroxyl groups excluding tert-OH is 1. The molecule has 1 aliphatic rings. The van der Waals surface area contributed by atoms with Gasteiger partial charge in [-0.1, -0.05) is 6.92 Å². The fourth-order valence-electron chi connectivity index (χ4n) is 2.20. The van der Waals surface area contributed by atoms with Crippen LogP contribution >= 0.6 is 0 Å². The first-order chi connectivity index (χ1) is 9.76. The maximum atomic E-state index is 11.3. The zero-order valence-electron chi connectivity index (χ0n) is 12.4. The van der Waals surface area contributed by atoms with Gasteiger partial charge in [0.1, 0.15) is 6.10 Å². The Bertz CT molecular complexity index is 407. The van der Waals surface area contributed by atoms with E-state index in [-0.39, 0.29) is 0 Å². The number of hydrogen-bond donors (Lipinski definition) is 1. The molecule has 1 N–H and O–H groups in total. The SMILES string of the molecule is CC[C@H]1O[C@H](O)[C@@H](OC(C)=O)[C@@H](OC(C)=O)[C@@H]1OC(C)=O. The van der Waals surface area contributed by atoms with Crippen LogP contribution in [0.2, 0.25) is 0 Å². The molecule has 120 valence electrons. The molecule has 0 aromatic heterocycles. The predicted molar refractivity (Wildman–Crippen MR) is 67.8 cm³/mol. The smallest absolute Gasteiger partial charge is 0.303 e. The molecule has 0 saturated carbocycles. The van der Waals surface area contributed by atoms with Gasteiger partial charge in [-0.2, -0.15) is 0 Å². The molecular weight excluding hydrogens is 284 g/mol. The molecule has 0 radical (unpaired) electrons. The van der Waals surface area contributed by atoms with Crippen molar-refractivity contribution in [3.63, 3.8) is 0 Å². The van der Waals surface area contributed by atoms with Crippen LogP contribution in [-0.4, -0.2) is 53.7 Å². The van der Waals surface area contributed by atoms with Gasteiger partial charge >= 0.3 is 17.9 Å². The summed E-state index contributed by atoms with van der Waals surface area (Å²) in [4.78, 5) is 33.6. The Labute approximate surface area is 122 Å². The van der Waals surface area contributed by atoms with Crippen molar-refractivity contribution in [2.75, 3.05) is 0 Å². The molecule has 0 spiro atoms. The van der Waals surface area contributed by atoms with Gasteiger partial charge in [-0.05, 0) is 6.42 Å². The third-order valence-corrected chi connectivity index (χ3v) is 2.92. The van der Waals surface area contributed by atoms with Crippen LogP contribution in [0.5, 0.6) is 0 Å². The van der Waals surface area contributed by atoms with Crippen LogP contribution in [0.15, 0.2) is 0 Å². The van der Waals surface area contributed by atoms with Gasteiger partial charge in [0.2, 0.25) is 0 Å². The average Bonchev–Trinajstić information content (AvgIpc) is 2.35. The lowest BCUT2D eigenvalue weighted by molar-refractivity contribution is -0.291. The van der Waals surface area contributed by atoms with E-state index in [1.54, 1.807) is 6.92 Å². The summed E-state index contributed by atoms with van der Waals surface area (Å²) in [6.45, 7) is 5.26. The highest BCUT2D eigenvalue weighted by molar-refractivity contribution is 5.68. The van der Waals surface area contributed by atoms with Crippen molar-refractivity contribution in [2.24, 2.45) is 0 Å². The van der Waals surface area contributed by atoms with Gasteiger partial charge in [0.25, 0.3) is 0 Å². The molecule has 8 heteroatoms. The van der Waals surface area contributed by atoms with Crippen LogP contribution in [0.1, 0.15) is 34.1 Å². The Kier molecular flexibility index (Phi) is 6.10. The number of aliphatic hydroxyl groups is 1. The van der Waals surface area contributed by atoms with Crippen molar-refractivity contribution in [1.82, 2.24) is 0 Å². The normalized spacial score (nSPS) is 32.1. The Balaban J connectivity index is 3.08. The molecule has 0 aromatic rings. The van der Waals surface area contributed by atoms with E-state index in [0.29, 0.717) is 6.42 Å². The fraction of sp³-hybridized carbons (Fsp3) is 0.769. The maximum Gasteiger partial charge on any atom is 0.303 e. The molecule has 1 heterocycles. The first-order valence-electron chi connectivity index (χ1n) is 6.61. The lowest BCUT2D eigenvalue weighted by Crippen LogP contribution is -2.61. The summed E-state index contributed by atoms with van der Waals surface area (Å²) >= 11 is 0. The summed E-state index contributed by atoms with van der Waals surface area (Å²) in [5, 5.41) is 9.92. The van der Waals surface area contributed by atoms with Crippen LogP contribution < -0.4 is 0 Å². The topological polar surface area (TPSA) is 108 Å². The van der Waals surface area contributed by atoms with E-state index in [1.165, 1.54) is 13.8 Å². The Morgan fingerprint density at radius 2 is 1.33 bits per heavy atom. The molecule has 0 aromatic carbocycles. The Morgan fingerprint density at radius 1 is 0.905 bits per heavy atom. The van der Waals surface area contributed by atoms with Gasteiger partial charge in [0.05, 0.1) is 0 Å². The lowest BCUT2D eigenvalue weighted by Gasteiger charge is -2.42. The van der Waals surface area contributed by atoms with E-state index in [2.05, 4.69) is 0 Å². The summed E-state index contributed by atoms with van der Waals surface area (Å²) in [5.74, 6) is -1.94. The van der Waals surface area contributed by atoms with E-state index in [9.17, 15) is 19.5 Å². The van der Waals surface area contributed by atoms with E-state index < -0.39 is 48.6 Å². The van der Waals surface area contributed by atoms with Gasteiger partial charge in [-0.15, -0.1) is 0 Å². The Hall–Kier alpha value is -1.67. The first kappa shape index (κ1) is 17.4. The summed E-state index contributed by atoms with van der Waals surface area (Å²) in [6, 6.07) is 0. The number of esters is 3. The summed E-state index contributed by atoms with van der Waals surface area (Å²) in [5.41, 5.74) is 0. The van der Waals surface area contributed by atoms with Crippen molar-refractivity contribution in [3.05, 3.63) is 0 Å². The predicted octanol–water partition coefficient (Wildman–Crippen LogP) is -0.0913. The second-order valence-electron chi connectivity index (χ2n) is 4.70. The number of carbonyl (C=O) groups is 3. The minimum absolute atomic E-state index is 0.402. The molecule has 1 fully saturated rings. The molecule has 0 amide bonds. The standard InChI is InChI=1S/C13H20O8/c1-5-9-10(18-6(2)14)11(19-7(3)15)12(13(17)21-9)20-8(4)16/h9-13,17H,5H2,1-4H3/t9-,10-,11+,12+,13+/m1/s1. The molecule has 5 atom stereocenters. The van der Waals surface area contributed by atoms with E-state index in [1.807, 2.05) is 0 Å². The number of hydrogen-bond acceptors (Lipinski definition) is 8. The molecule has 0 bridgehead atoms. The minimum Gasteiger partial charge on any atom is -0.456 e. The lowest BCUT2D eigenvalue weighted by atomic mass is 9.96. The summed E-state index contributed by atoms with van der Waals surface area (Å²) in [7, 11) is 0. The van der Waals surface area contributed by atoms with Crippen LogP contribution in [0.25, 0.3) is 0 Å². The molecule has 1 rings (SSSR count). The summed E-state index contributed by atoms with van der Waals surface area (Å²) in [6.07, 6.45) is -5.12. The number of ether oxygens (including phenoxy) is 4. The van der Waals surface area contributed by atoms with Crippen molar-refractivity contribution >= 4 is 17.9 Å². The monoisotopic (exact) mass is 304 g/mol. The van der Waals surface area contributed by atoms with Crippen LogP contribution in [0.3, 0.4) is 0 Å². The maximum absolute atomic E-state index is 11.3. The van der Waals surface area contributed by atoms with Crippen molar-refractivity contribution in [3.8, 4) is 0 Å². The van der Waals surface area contributed by atoms with Crippen molar-refractivity contribution < 1.29 is 38.4 Å². The molecule has 0 unspecified atom stereocenters. The quantitative estimate of drug-likeness (QED) is 0.567. The van der Waals surface area contributed by atoms with Gasteiger partial charge < -0.3 is 24.1 Å². The number of carbonyl (C=O) groups excluding carboxylic acids is 3. The highest BCUT2D eigenvalue weighted by atomic mass is 16.7. The van der Waals surface area contributed by atoms with Gasteiger partial charge in [-0.25, -0.2) is 0 Å². The molecular formula is C13H20O8. The summed E-state index contributed by atoms with van der Waals surface area (Å²) < 4.78 is 20.4. The van der Waals surface area contributed by atoms with Crippen LogP contribution in [0.4, 0.5) is 0 Å². The van der Waals surface area contributed by atoms with Gasteiger partial charge in [0, 0.05) is 20.8 Å². The van der Waals surface area contributed by atoms with E-state index >= 15 is 0 Å². The van der Waals surface area contributed by atoms with E-state index in [0.717, 1.165) is 6.92 Å². The third-order valence-electron chi connectivity index (χ3n) is 2.92.